The number of nitrogen functional groups attached to an aromatic ring is 1. The smallest absolute Gasteiger partial charge is 0.237 e. The van der Waals surface area contributed by atoms with Gasteiger partial charge in [0.05, 0.1) is 11.2 Å². The van der Waals surface area contributed by atoms with E-state index in [9.17, 15) is 0 Å². The second-order valence-electron chi connectivity index (χ2n) is 9.44. The number of rotatable bonds is 3. The van der Waals surface area contributed by atoms with Crippen molar-refractivity contribution < 1.29 is 9.13 Å². The molecule has 0 radical (unpaired) electrons. The molecule has 0 atom stereocenters. The number of halogens is 1. The van der Waals surface area contributed by atoms with E-state index in [1.54, 1.807) is 18.5 Å². The molecule has 2 aromatic carbocycles. The molecule has 36 heavy (non-hydrogen) atoms. The lowest BCUT2D eigenvalue weighted by atomic mass is 9.98. The topological polar surface area (TPSA) is 101 Å². The molecule has 0 amide bonds. The highest BCUT2D eigenvalue weighted by molar-refractivity contribution is 5.96. The predicted molar refractivity (Wildman–Crippen MR) is 140 cm³/mol. The highest BCUT2D eigenvalue weighted by atomic mass is 19.1. The molecule has 4 aromatic rings. The minimum atomic E-state index is -0.510. The fraction of sp³-hybridized carbons (Fsp3) is 0.296. The monoisotopic (exact) mass is 485 g/mol. The number of hydrogen-bond acceptors (Lipinski definition) is 8. The van der Waals surface area contributed by atoms with Gasteiger partial charge in [-0.15, -0.1) is 0 Å². The van der Waals surface area contributed by atoms with Crippen LogP contribution in [0.2, 0.25) is 0 Å². The van der Waals surface area contributed by atoms with Crippen LogP contribution in [-0.2, 0) is 12.8 Å². The lowest BCUT2D eigenvalue weighted by Crippen LogP contribution is -2.20. The third-order valence-corrected chi connectivity index (χ3v) is 7.09. The molecule has 0 aliphatic carbocycles. The van der Waals surface area contributed by atoms with Crippen molar-refractivity contribution >= 4 is 33.9 Å². The van der Waals surface area contributed by atoms with E-state index in [-0.39, 0.29) is 5.69 Å². The van der Waals surface area contributed by atoms with Gasteiger partial charge < -0.3 is 26.0 Å². The van der Waals surface area contributed by atoms with Crippen LogP contribution in [-0.4, -0.2) is 53.1 Å². The van der Waals surface area contributed by atoms with E-state index in [4.69, 9.17) is 10.5 Å². The molecule has 0 fully saturated rings. The number of ether oxygens (including phenoxy) is 1. The summed E-state index contributed by atoms with van der Waals surface area (Å²) in [4.78, 5) is 15.8. The van der Waals surface area contributed by atoms with Crippen LogP contribution in [0.3, 0.4) is 0 Å². The molecular weight excluding hydrogens is 457 g/mol. The van der Waals surface area contributed by atoms with Crippen molar-refractivity contribution in [2.75, 3.05) is 49.7 Å². The Hall–Kier alpha value is -3.98. The van der Waals surface area contributed by atoms with Crippen molar-refractivity contribution in [3.05, 3.63) is 59.2 Å². The first-order valence-corrected chi connectivity index (χ1v) is 12.2. The maximum Gasteiger partial charge on any atom is 0.237 e. The van der Waals surface area contributed by atoms with Crippen LogP contribution in [0.25, 0.3) is 22.0 Å². The Morgan fingerprint density at radius 3 is 2.78 bits per heavy atom. The minimum absolute atomic E-state index is 0.0181. The Kier molecular flexibility index (Phi) is 5.56. The molecule has 4 heterocycles. The number of hydrogen-bond donors (Lipinski definition) is 3. The van der Waals surface area contributed by atoms with Crippen LogP contribution >= 0.6 is 0 Å². The van der Waals surface area contributed by atoms with Crippen LogP contribution in [0.5, 0.6) is 5.88 Å². The van der Waals surface area contributed by atoms with Crippen molar-refractivity contribution in [1.82, 2.24) is 19.9 Å². The summed E-state index contributed by atoms with van der Waals surface area (Å²) in [5.41, 5.74) is 13.0. The van der Waals surface area contributed by atoms with Gasteiger partial charge in [0.25, 0.3) is 0 Å². The summed E-state index contributed by atoms with van der Waals surface area (Å²) in [6.45, 7) is 5.23. The highest BCUT2D eigenvalue weighted by Gasteiger charge is 2.21. The first-order valence-electron chi connectivity index (χ1n) is 12.2. The fourth-order valence-electron chi connectivity index (χ4n) is 4.97. The molecule has 9 heteroatoms. The summed E-state index contributed by atoms with van der Waals surface area (Å²) in [7, 11) is 2.16. The Balaban J connectivity index is 1.37. The molecule has 4 N–H and O–H groups in total. The first-order chi connectivity index (χ1) is 17.5. The summed E-state index contributed by atoms with van der Waals surface area (Å²) >= 11 is 0. The quantitative estimate of drug-likeness (QED) is 0.369. The molecule has 0 bridgehead atoms. The van der Waals surface area contributed by atoms with E-state index < -0.39 is 5.82 Å². The van der Waals surface area contributed by atoms with Gasteiger partial charge in [-0.3, -0.25) is 0 Å². The molecule has 6 rings (SSSR count). The predicted octanol–water partition coefficient (Wildman–Crippen LogP) is 4.30. The number of fused-ring (bicyclic) bond motifs is 3. The minimum Gasteiger partial charge on any atom is -0.474 e. The number of nitrogens with two attached hydrogens (primary N) is 1. The zero-order valence-electron chi connectivity index (χ0n) is 20.4. The van der Waals surface area contributed by atoms with Crippen molar-refractivity contribution in [2.24, 2.45) is 0 Å². The third kappa shape index (κ3) is 3.95. The standard InChI is InChI=1S/C27H28FN7O/c1-15-20(13-31-26-25(15)30-7-10-36-26)19-12-22-21(24(29)23(19)28)14-32-27(34-22)33-18-4-3-16-5-8-35(2)9-6-17(16)11-18/h3-4,11-14,30H,5-10,29H2,1-2H3,(H,32,33,34). The SMILES string of the molecule is Cc1c(-c2cc3nc(Nc4ccc5c(c4)CCN(C)CC5)ncc3c(N)c2F)cnc2c1NCCO2. The number of pyridine rings is 1. The largest absolute Gasteiger partial charge is 0.474 e. The van der Waals surface area contributed by atoms with Crippen LogP contribution < -0.4 is 21.1 Å². The van der Waals surface area contributed by atoms with Crippen LogP contribution in [0, 0.1) is 12.7 Å². The van der Waals surface area contributed by atoms with Gasteiger partial charge in [0.1, 0.15) is 12.3 Å². The molecule has 2 aromatic heterocycles. The van der Waals surface area contributed by atoms with Gasteiger partial charge in [-0.05, 0) is 61.7 Å². The van der Waals surface area contributed by atoms with Gasteiger partial charge in [0, 0.05) is 54.2 Å². The normalized spacial score (nSPS) is 15.4. The van der Waals surface area contributed by atoms with E-state index in [0.717, 1.165) is 42.9 Å². The summed E-state index contributed by atoms with van der Waals surface area (Å²) < 4.78 is 21.0. The number of anilines is 4. The van der Waals surface area contributed by atoms with Crippen molar-refractivity contribution in [1.29, 1.82) is 0 Å². The molecular formula is C27H28FN7O. The summed E-state index contributed by atoms with van der Waals surface area (Å²) in [6.07, 6.45) is 5.24. The molecule has 184 valence electrons. The lowest BCUT2D eigenvalue weighted by molar-refractivity contribution is 0.310. The Labute approximate surface area is 208 Å². The second-order valence-corrected chi connectivity index (χ2v) is 9.44. The molecule has 0 saturated carbocycles. The Morgan fingerprint density at radius 1 is 1.08 bits per heavy atom. The van der Waals surface area contributed by atoms with Crippen molar-refractivity contribution in [3.63, 3.8) is 0 Å². The highest BCUT2D eigenvalue weighted by Crippen LogP contribution is 2.39. The zero-order chi connectivity index (χ0) is 24.8. The molecule has 0 spiro atoms. The molecule has 8 nitrogen and oxygen atoms in total. The molecule has 0 saturated heterocycles. The summed E-state index contributed by atoms with van der Waals surface area (Å²) in [5, 5.41) is 7.08. The van der Waals surface area contributed by atoms with Gasteiger partial charge in [-0.25, -0.2) is 19.3 Å². The number of benzene rings is 2. The fourth-order valence-corrected chi connectivity index (χ4v) is 4.97. The lowest BCUT2D eigenvalue weighted by Gasteiger charge is -2.22. The summed E-state index contributed by atoms with van der Waals surface area (Å²) in [5.74, 6) is 0.447. The molecule has 2 aliphatic rings. The van der Waals surface area contributed by atoms with Gasteiger partial charge >= 0.3 is 0 Å². The number of aromatic nitrogens is 3. The Bertz CT molecular complexity index is 1490. The van der Waals surface area contributed by atoms with E-state index in [0.29, 0.717) is 47.0 Å². The van der Waals surface area contributed by atoms with Gasteiger partial charge in [-0.2, -0.15) is 0 Å². The van der Waals surface area contributed by atoms with E-state index in [2.05, 4.69) is 55.7 Å². The average molecular weight is 486 g/mol. The van der Waals surface area contributed by atoms with E-state index >= 15 is 4.39 Å². The number of nitrogens with one attached hydrogen (secondary N) is 2. The van der Waals surface area contributed by atoms with Gasteiger partial charge in [0.15, 0.2) is 5.82 Å². The van der Waals surface area contributed by atoms with Crippen molar-refractivity contribution in [2.45, 2.75) is 19.8 Å². The average Bonchev–Trinajstić information content (AvgIpc) is 3.08. The second kappa shape index (κ2) is 8.91. The summed E-state index contributed by atoms with van der Waals surface area (Å²) in [6, 6.07) is 8.11. The van der Waals surface area contributed by atoms with E-state index in [1.165, 1.54) is 11.1 Å². The maximum atomic E-state index is 15.4. The van der Waals surface area contributed by atoms with Crippen LogP contribution in [0.15, 0.2) is 36.7 Å². The Morgan fingerprint density at radius 2 is 1.92 bits per heavy atom. The van der Waals surface area contributed by atoms with Crippen molar-refractivity contribution in [3.8, 4) is 17.0 Å². The van der Waals surface area contributed by atoms with Crippen LogP contribution in [0.4, 0.5) is 27.4 Å². The van der Waals surface area contributed by atoms with Crippen LogP contribution in [0.1, 0.15) is 16.7 Å². The zero-order valence-corrected chi connectivity index (χ0v) is 20.4. The number of nitrogens with zero attached hydrogens (tertiary/aromatic N) is 4. The molecule has 2 aliphatic heterocycles. The van der Waals surface area contributed by atoms with E-state index in [1.807, 2.05) is 6.92 Å². The first kappa shape index (κ1) is 22.5. The van der Waals surface area contributed by atoms with Gasteiger partial charge in [-0.1, -0.05) is 6.07 Å². The van der Waals surface area contributed by atoms with Gasteiger partial charge in [0.2, 0.25) is 11.8 Å². The maximum absolute atomic E-state index is 15.4. The third-order valence-electron chi connectivity index (χ3n) is 7.09. The molecule has 0 unspecified atom stereocenters. The number of likely N-dealkylation sites (N-methyl/N-ethyl adjacent to an activating group) is 1.